The lowest BCUT2D eigenvalue weighted by molar-refractivity contribution is -0.165. The Balaban J connectivity index is 0.000000680. The number of aliphatic carboxylic acids is 2. The summed E-state index contributed by atoms with van der Waals surface area (Å²) in [5.74, 6) is -5.67. The molecular weight excluding hydrogens is 785 g/mol. The molecule has 0 aliphatic heterocycles. The molecule has 0 radical (unpaired) electrons. The zero-order valence-corrected chi connectivity index (χ0v) is 32.4. The molecule has 0 saturated heterocycles. The molecule has 0 bridgehead atoms. The molecule has 0 spiro atoms. The van der Waals surface area contributed by atoms with Crippen LogP contribution in [-0.2, 0) is 53.5 Å². The van der Waals surface area contributed by atoms with Crippen LogP contribution in [0.4, 0.5) is 22.0 Å². The zero-order chi connectivity index (χ0) is 43.6. The fraction of sp³-hybridized carbons (Fsp3) is 0.341. The Morgan fingerprint density at radius 2 is 1.41 bits per heavy atom. The van der Waals surface area contributed by atoms with Gasteiger partial charge in [-0.25, -0.2) is 18.4 Å². The van der Waals surface area contributed by atoms with Gasteiger partial charge >= 0.3 is 18.1 Å². The monoisotopic (exact) mass is 829 g/mol. The van der Waals surface area contributed by atoms with Crippen LogP contribution in [0.1, 0.15) is 36.2 Å². The Hall–Kier alpha value is -5.98. The molecule has 0 aliphatic rings. The lowest BCUT2D eigenvalue weighted by atomic mass is 10.0. The average molecular weight is 830 g/mol. The number of aliphatic hydroxyl groups is 2. The molecule has 1 amide bonds. The van der Waals surface area contributed by atoms with Gasteiger partial charge in [0.15, 0.2) is 34.9 Å². The van der Waals surface area contributed by atoms with Crippen molar-refractivity contribution in [3.8, 4) is 11.1 Å². The molecule has 316 valence electrons. The summed E-state index contributed by atoms with van der Waals surface area (Å²) < 4.78 is 70.7. The average Bonchev–Trinajstić information content (AvgIpc) is 3.61. The van der Waals surface area contributed by atoms with Gasteiger partial charge in [0, 0.05) is 44.6 Å². The van der Waals surface area contributed by atoms with Crippen molar-refractivity contribution >= 4 is 28.9 Å². The summed E-state index contributed by atoms with van der Waals surface area (Å²) >= 11 is 0. The Bertz CT molecular complexity index is 2270. The van der Waals surface area contributed by atoms with Gasteiger partial charge in [-0.15, -0.1) is 0 Å². The van der Waals surface area contributed by atoms with Gasteiger partial charge in [-0.1, -0.05) is 62.4 Å². The lowest BCUT2D eigenvalue weighted by Crippen LogP contribution is -2.40. The molecule has 5 aromatic rings. The topological polar surface area (TPSA) is 178 Å². The van der Waals surface area contributed by atoms with Gasteiger partial charge in [0.05, 0.1) is 10.9 Å². The molecule has 3 aromatic carbocycles. The van der Waals surface area contributed by atoms with Gasteiger partial charge in [0.25, 0.3) is 0 Å². The number of hydrogen-bond donors (Lipinski definition) is 4. The highest BCUT2D eigenvalue weighted by molar-refractivity contribution is 5.83. The molecule has 5 rings (SSSR count). The minimum atomic E-state index is -4.42. The van der Waals surface area contributed by atoms with Gasteiger partial charge in [0.1, 0.15) is 6.54 Å². The van der Waals surface area contributed by atoms with Crippen LogP contribution in [-0.4, -0.2) is 101 Å². The lowest BCUT2D eigenvalue weighted by Gasteiger charge is -2.28. The van der Waals surface area contributed by atoms with Crippen LogP contribution in [0.5, 0.6) is 0 Å². The van der Waals surface area contributed by atoms with E-state index >= 15 is 0 Å². The fourth-order valence-electron chi connectivity index (χ4n) is 6.15. The van der Waals surface area contributed by atoms with Crippen LogP contribution < -0.4 is 5.43 Å². The minimum Gasteiger partial charge on any atom is -0.479 e. The molecule has 59 heavy (non-hydrogen) atoms. The maximum Gasteiger partial charge on any atom is 0.416 e. The Morgan fingerprint density at radius 1 is 0.831 bits per heavy atom. The van der Waals surface area contributed by atoms with Gasteiger partial charge in [-0.05, 0) is 66.4 Å². The molecule has 0 aliphatic carbocycles. The Kier molecular flexibility index (Phi) is 15.6. The van der Waals surface area contributed by atoms with E-state index in [1.807, 2.05) is 38.1 Å². The number of aromatic nitrogens is 3. The Morgan fingerprint density at radius 3 is 1.95 bits per heavy atom. The van der Waals surface area contributed by atoms with Crippen LogP contribution in [0.2, 0.25) is 0 Å². The number of carboxylic acids is 2. The van der Waals surface area contributed by atoms with Gasteiger partial charge < -0.3 is 34.8 Å². The second kappa shape index (κ2) is 20.1. The Labute approximate surface area is 335 Å². The van der Waals surface area contributed by atoms with Crippen molar-refractivity contribution in [3.63, 3.8) is 0 Å². The first-order valence-electron chi connectivity index (χ1n) is 18.4. The summed E-state index contributed by atoms with van der Waals surface area (Å²) in [4.78, 5) is 50.7. The second-order valence-electron chi connectivity index (χ2n) is 13.5. The number of carbonyl (C=O) groups excluding carboxylic acids is 1. The van der Waals surface area contributed by atoms with Crippen molar-refractivity contribution in [3.05, 3.63) is 123 Å². The number of likely N-dealkylation sites (N-methyl/N-ethyl adjacent to an activating group) is 1. The summed E-state index contributed by atoms with van der Waals surface area (Å²) in [6.07, 6.45) is -7.09. The van der Waals surface area contributed by atoms with Crippen LogP contribution in [0.15, 0.2) is 83.8 Å². The maximum absolute atomic E-state index is 14.5. The SMILES string of the molecule is CCN(CC)CCN(Cc1ccc(-c2ccc(C(F)(F)F)cc2)cc1)C(=O)Cn1c(CCc2cccc(F)c2F)cc(=O)c2cn(C)nc21.O=C(O)C(O)C(O)C(=O)O. The predicted molar refractivity (Wildman–Crippen MR) is 206 cm³/mol. The number of carbonyl (C=O) groups is 3. The summed E-state index contributed by atoms with van der Waals surface area (Å²) in [5, 5.41) is 37.3. The first-order valence-corrected chi connectivity index (χ1v) is 18.4. The van der Waals surface area contributed by atoms with Crippen molar-refractivity contribution in [1.29, 1.82) is 0 Å². The van der Waals surface area contributed by atoms with Crippen molar-refractivity contribution in [2.24, 2.45) is 7.05 Å². The van der Waals surface area contributed by atoms with E-state index in [9.17, 15) is 41.1 Å². The summed E-state index contributed by atoms with van der Waals surface area (Å²) in [6.45, 7) is 6.85. The van der Waals surface area contributed by atoms with Crippen LogP contribution in [0.25, 0.3) is 22.2 Å². The molecule has 2 unspecified atom stereocenters. The summed E-state index contributed by atoms with van der Waals surface area (Å²) in [7, 11) is 1.68. The number of aryl methyl sites for hydroxylation is 3. The second-order valence-corrected chi connectivity index (χ2v) is 13.5. The predicted octanol–water partition coefficient (Wildman–Crippen LogP) is 4.73. The minimum absolute atomic E-state index is 0.104. The third-order valence-electron chi connectivity index (χ3n) is 9.56. The normalized spacial score (nSPS) is 12.5. The molecule has 18 heteroatoms. The number of amides is 1. The van der Waals surface area contributed by atoms with E-state index in [1.54, 1.807) is 22.7 Å². The number of rotatable bonds is 16. The van der Waals surface area contributed by atoms with Crippen LogP contribution in [0.3, 0.4) is 0 Å². The largest absolute Gasteiger partial charge is 0.479 e. The molecule has 13 nitrogen and oxygen atoms in total. The van der Waals surface area contributed by atoms with E-state index < -0.39 is 47.5 Å². The van der Waals surface area contributed by atoms with Crippen LogP contribution >= 0.6 is 0 Å². The van der Waals surface area contributed by atoms with E-state index in [0.29, 0.717) is 35.4 Å². The third kappa shape index (κ3) is 12.0. The highest BCUT2D eigenvalue weighted by atomic mass is 19.4. The number of hydrogen-bond acceptors (Lipinski definition) is 8. The van der Waals surface area contributed by atoms with E-state index in [0.717, 1.165) is 42.4 Å². The number of carboxylic acid groups (broad SMARTS) is 2. The highest BCUT2D eigenvalue weighted by Crippen LogP contribution is 2.31. The number of alkyl halides is 3. The number of pyridine rings is 1. The number of nitrogens with zero attached hydrogens (tertiary/aromatic N) is 5. The van der Waals surface area contributed by atoms with Gasteiger partial charge in [0.2, 0.25) is 5.91 Å². The van der Waals surface area contributed by atoms with Crippen molar-refractivity contribution in [1.82, 2.24) is 24.1 Å². The van der Waals surface area contributed by atoms with Crippen LogP contribution in [0, 0.1) is 11.6 Å². The zero-order valence-electron chi connectivity index (χ0n) is 32.4. The van der Waals surface area contributed by atoms with Gasteiger partial charge in [-0.3, -0.25) is 14.3 Å². The first kappa shape index (κ1) is 45.7. The molecule has 0 fully saturated rings. The van der Waals surface area contributed by atoms with Gasteiger partial charge in [-0.2, -0.15) is 18.3 Å². The van der Waals surface area contributed by atoms with E-state index in [-0.39, 0.29) is 42.8 Å². The molecular formula is C41H44F5N5O8. The number of halogens is 5. The third-order valence-corrected chi connectivity index (χ3v) is 9.56. The molecule has 2 aromatic heterocycles. The van der Waals surface area contributed by atoms with Crippen molar-refractivity contribution in [2.45, 2.75) is 58.2 Å². The fourth-order valence-corrected chi connectivity index (χ4v) is 6.15. The number of fused-ring (bicyclic) bond motifs is 1. The van der Waals surface area contributed by atoms with E-state index in [1.165, 1.54) is 35.0 Å². The number of aliphatic hydroxyl groups excluding tert-OH is 2. The standard InChI is InChI=1S/C37H38F5N5O2.C4H6O6/c1-4-45(5-2)19-20-46(22-25-9-11-26(12-10-25)27-13-16-29(17-14-27)37(40,41)42)34(49)24-47-30(18-15-28-7-6-8-32(38)35(28)39)21-33(48)31-23-44(3)43-36(31)47;5-1(3(7)8)2(6)4(9)10/h6-14,16-17,21,23H,4-5,15,18-20,22,24H2,1-3H3;1-2,5-6H,(H,7,8)(H,9,10). The van der Waals surface area contributed by atoms with Crippen molar-refractivity contribution in [2.75, 3.05) is 26.2 Å². The summed E-state index contributed by atoms with van der Waals surface area (Å²) in [6, 6.07) is 17.7. The van der Waals surface area contributed by atoms with E-state index in [4.69, 9.17) is 20.4 Å². The molecule has 4 N–H and O–H groups in total. The van der Waals surface area contributed by atoms with Crippen molar-refractivity contribution < 1.29 is 56.8 Å². The maximum atomic E-state index is 14.5. The first-order chi connectivity index (χ1) is 27.8. The quantitative estimate of drug-likeness (QED) is 0.102. The number of benzene rings is 3. The van der Waals surface area contributed by atoms with E-state index in [2.05, 4.69) is 10.00 Å². The smallest absolute Gasteiger partial charge is 0.416 e. The molecule has 2 atom stereocenters. The summed E-state index contributed by atoms with van der Waals surface area (Å²) in [5.41, 5.74) is 2.15. The highest BCUT2D eigenvalue weighted by Gasteiger charge is 2.30. The molecule has 0 saturated carbocycles. The molecule has 2 heterocycles.